The van der Waals surface area contributed by atoms with Crippen molar-refractivity contribution in [3.05, 3.63) is 36.5 Å². The third-order valence-electron chi connectivity index (χ3n) is 0.975. The molecule has 1 aliphatic heterocycles. The van der Waals surface area contributed by atoms with Crippen LogP contribution >= 0.6 is 0 Å². The van der Waals surface area contributed by atoms with Gasteiger partial charge in [-0.1, -0.05) is 6.08 Å². The fourth-order valence-corrected chi connectivity index (χ4v) is 0.611. The fraction of sp³-hybridized carbons (Fsp3) is 0.125. The van der Waals surface area contributed by atoms with Crippen molar-refractivity contribution < 1.29 is 14.3 Å². The third kappa shape index (κ3) is 2.71. The Kier molecular flexibility index (Phi) is 2.49. The number of carbonyl (C=O) groups is 1. The highest BCUT2D eigenvalue weighted by Gasteiger charge is 1.98. The Balaban J connectivity index is 2.58. The molecule has 0 aromatic heterocycles. The summed E-state index contributed by atoms with van der Waals surface area (Å²) in [6.45, 7) is 1.34. The molecular weight excluding hydrogens is 144 g/mol. The Hall–Kier alpha value is -1.51. The molecule has 1 heterocycles. The fourth-order valence-electron chi connectivity index (χ4n) is 0.611. The Morgan fingerprint density at radius 1 is 1.55 bits per heavy atom. The first-order chi connectivity index (χ1) is 5.29. The SMILES string of the molecule is CC(=O)OC1=COC=CC=C1. The number of ether oxygens (including phenoxy) is 2. The average Bonchev–Trinajstić information content (AvgIpc) is 2.14. The second-order valence-corrected chi connectivity index (χ2v) is 1.94. The van der Waals surface area contributed by atoms with E-state index in [4.69, 9.17) is 9.47 Å². The summed E-state index contributed by atoms with van der Waals surface area (Å²) in [6.07, 6.45) is 7.92. The van der Waals surface area contributed by atoms with Crippen molar-refractivity contribution in [1.82, 2.24) is 0 Å². The Morgan fingerprint density at radius 2 is 2.36 bits per heavy atom. The van der Waals surface area contributed by atoms with E-state index in [9.17, 15) is 4.79 Å². The van der Waals surface area contributed by atoms with Crippen LogP contribution in [0.1, 0.15) is 6.92 Å². The number of allylic oxidation sites excluding steroid dienone is 3. The predicted molar refractivity (Wildman–Crippen MR) is 39.2 cm³/mol. The van der Waals surface area contributed by atoms with E-state index in [1.54, 1.807) is 18.2 Å². The maximum atomic E-state index is 10.5. The van der Waals surface area contributed by atoms with Crippen LogP contribution in [0.5, 0.6) is 0 Å². The first kappa shape index (κ1) is 7.60. The number of hydrogen-bond acceptors (Lipinski definition) is 3. The van der Waals surface area contributed by atoms with Gasteiger partial charge in [-0.15, -0.1) is 0 Å². The molecule has 0 unspecified atom stereocenters. The van der Waals surface area contributed by atoms with Gasteiger partial charge in [-0.3, -0.25) is 4.79 Å². The molecule has 0 bridgehead atoms. The molecule has 1 rings (SSSR count). The molecule has 0 spiro atoms. The van der Waals surface area contributed by atoms with Crippen molar-refractivity contribution in [2.75, 3.05) is 0 Å². The summed E-state index contributed by atoms with van der Waals surface area (Å²) in [5.74, 6) is 0.0499. The highest BCUT2D eigenvalue weighted by molar-refractivity contribution is 5.67. The summed E-state index contributed by atoms with van der Waals surface area (Å²) < 4.78 is 9.57. The molecule has 3 heteroatoms. The molecule has 11 heavy (non-hydrogen) atoms. The van der Waals surface area contributed by atoms with Crippen LogP contribution in [0.2, 0.25) is 0 Å². The number of hydrogen-bond donors (Lipinski definition) is 0. The van der Waals surface area contributed by atoms with Crippen molar-refractivity contribution in [3.63, 3.8) is 0 Å². The quantitative estimate of drug-likeness (QED) is 0.534. The molecule has 3 nitrogen and oxygen atoms in total. The minimum Gasteiger partial charge on any atom is -0.469 e. The molecule has 1 aliphatic rings. The van der Waals surface area contributed by atoms with Gasteiger partial charge >= 0.3 is 5.97 Å². The maximum absolute atomic E-state index is 10.5. The standard InChI is InChI=1S/C8H8O3/c1-7(9)11-8-4-2-3-5-10-6-8/h2-6H,1H3. The van der Waals surface area contributed by atoms with E-state index >= 15 is 0 Å². The van der Waals surface area contributed by atoms with E-state index in [1.807, 2.05) is 0 Å². The summed E-state index contributed by atoms with van der Waals surface area (Å²) in [4.78, 5) is 10.5. The molecule has 0 aromatic rings. The van der Waals surface area contributed by atoms with Gasteiger partial charge in [-0.05, 0) is 12.2 Å². The maximum Gasteiger partial charge on any atom is 0.308 e. The van der Waals surface area contributed by atoms with Crippen LogP contribution in [0.4, 0.5) is 0 Å². The van der Waals surface area contributed by atoms with Gasteiger partial charge in [-0.2, -0.15) is 0 Å². The minimum atomic E-state index is -0.355. The van der Waals surface area contributed by atoms with Crippen molar-refractivity contribution in [2.24, 2.45) is 0 Å². The van der Waals surface area contributed by atoms with E-state index in [0.717, 1.165) is 0 Å². The minimum absolute atomic E-state index is 0.355. The summed E-state index contributed by atoms with van der Waals surface area (Å²) in [5, 5.41) is 0. The van der Waals surface area contributed by atoms with Gasteiger partial charge < -0.3 is 9.47 Å². The van der Waals surface area contributed by atoms with Crippen molar-refractivity contribution in [2.45, 2.75) is 6.92 Å². The summed E-state index contributed by atoms with van der Waals surface area (Å²) in [6, 6.07) is 0. The molecule has 0 radical (unpaired) electrons. The number of rotatable bonds is 1. The van der Waals surface area contributed by atoms with Crippen LogP contribution in [0.25, 0.3) is 0 Å². The zero-order chi connectivity index (χ0) is 8.10. The average molecular weight is 152 g/mol. The molecule has 0 atom stereocenters. The smallest absolute Gasteiger partial charge is 0.308 e. The lowest BCUT2D eigenvalue weighted by molar-refractivity contribution is -0.136. The normalized spacial score (nSPS) is 14.8. The van der Waals surface area contributed by atoms with Gasteiger partial charge in [0.15, 0.2) is 5.76 Å². The summed E-state index contributed by atoms with van der Waals surface area (Å²) in [5.41, 5.74) is 0. The Labute approximate surface area is 64.6 Å². The molecular formula is C8H8O3. The molecule has 0 aliphatic carbocycles. The topological polar surface area (TPSA) is 35.5 Å². The molecule has 0 amide bonds. The third-order valence-corrected chi connectivity index (χ3v) is 0.975. The van der Waals surface area contributed by atoms with Gasteiger partial charge in [0.2, 0.25) is 0 Å². The molecule has 0 aromatic carbocycles. The van der Waals surface area contributed by atoms with Crippen LogP contribution in [0.15, 0.2) is 36.5 Å². The van der Waals surface area contributed by atoms with Gasteiger partial charge in [0.05, 0.1) is 6.26 Å². The summed E-state index contributed by atoms with van der Waals surface area (Å²) in [7, 11) is 0. The van der Waals surface area contributed by atoms with Gasteiger partial charge in [0, 0.05) is 6.92 Å². The molecule has 0 N–H and O–H groups in total. The lowest BCUT2D eigenvalue weighted by Crippen LogP contribution is -1.96. The first-order valence-corrected chi connectivity index (χ1v) is 3.16. The first-order valence-electron chi connectivity index (χ1n) is 3.16. The number of esters is 1. The van der Waals surface area contributed by atoms with E-state index < -0.39 is 0 Å². The highest BCUT2D eigenvalue weighted by Crippen LogP contribution is 2.04. The Bertz CT molecular complexity index is 236. The lowest BCUT2D eigenvalue weighted by atomic mass is 10.4. The molecule has 0 fully saturated rings. The van der Waals surface area contributed by atoms with Crippen LogP contribution < -0.4 is 0 Å². The van der Waals surface area contributed by atoms with Crippen LogP contribution in [0.3, 0.4) is 0 Å². The molecule has 0 saturated heterocycles. The van der Waals surface area contributed by atoms with E-state index in [-0.39, 0.29) is 5.97 Å². The highest BCUT2D eigenvalue weighted by atomic mass is 16.5. The van der Waals surface area contributed by atoms with Crippen LogP contribution in [0, 0.1) is 0 Å². The zero-order valence-corrected chi connectivity index (χ0v) is 6.11. The van der Waals surface area contributed by atoms with Crippen molar-refractivity contribution in [1.29, 1.82) is 0 Å². The second-order valence-electron chi connectivity index (χ2n) is 1.94. The zero-order valence-electron chi connectivity index (χ0n) is 6.11. The molecule has 0 saturated carbocycles. The second kappa shape index (κ2) is 3.61. The van der Waals surface area contributed by atoms with E-state index in [1.165, 1.54) is 19.4 Å². The van der Waals surface area contributed by atoms with Crippen LogP contribution in [-0.2, 0) is 14.3 Å². The van der Waals surface area contributed by atoms with Crippen molar-refractivity contribution >= 4 is 5.97 Å². The van der Waals surface area contributed by atoms with Gasteiger partial charge in [0.25, 0.3) is 0 Å². The largest absolute Gasteiger partial charge is 0.469 e. The van der Waals surface area contributed by atoms with Gasteiger partial charge in [0.1, 0.15) is 6.26 Å². The molecule has 58 valence electrons. The summed E-state index contributed by atoms with van der Waals surface area (Å²) >= 11 is 0. The monoisotopic (exact) mass is 152 g/mol. The van der Waals surface area contributed by atoms with E-state index in [0.29, 0.717) is 5.76 Å². The predicted octanol–water partition coefficient (Wildman–Crippen LogP) is 1.49. The van der Waals surface area contributed by atoms with Crippen LogP contribution in [-0.4, -0.2) is 5.97 Å². The van der Waals surface area contributed by atoms with E-state index in [2.05, 4.69) is 0 Å². The Morgan fingerprint density at radius 3 is 3.09 bits per heavy atom. The van der Waals surface area contributed by atoms with Crippen molar-refractivity contribution in [3.8, 4) is 0 Å². The van der Waals surface area contributed by atoms with Gasteiger partial charge in [-0.25, -0.2) is 0 Å². The number of carbonyl (C=O) groups excluding carboxylic acids is 1. The lowest BCUT2D eigenvalue weighted by Gasteiger charge is -1.98.